The lowest BCUT2D eigenvalue weighted by Gasteiger charge is -2.21. The summed E-state index contributed by atoms with van der Waals surface area (Å²) in [6.07, 6.45) is 0.363. The van der Waals surface area contributed by atoms with E-state index in [1.807, 2.05) is 37.4 Å². The number of carbonyl (C=O) groups excluding carboxylic acids is 1. The maximum Gasteiger partial charge on any atom is 0.223 e. The number of rotatable bonds is 7. The summed E-state index contributed by atoms with van der Waals surface area (Å²) in [4.78, 5) is 13.4. The van der Waals surface area contributed by atoms with Crippen LogP contribution in [0.25, 0.3) is 0 Å². The molecule has 0 fully saturated rings. The number of hydrogen-bond donors (Lipinski definition) is 1. The van der Waals surface area contributed by atoms with Gasteiger partial charge in [-0.3, -0.25) is 4.79 Å². The maximum atomic E-state index is 12.2. The van der Waals surface area contributed by atoms with Gasteiger partial charge in [0.1, 0.15) is 5.75 Å². The molecule has 0 aliphatic carbocycles. The molecule has 1 aromatic heterocycles. The quantitative estimate of drug-likeness (QED) is 0.802. The molecule has 1 atom stereocenters. The van der Waals surface area contributed by atoms with Crippen LogP contribution < -0.4 is 10.1 Å². The topological polar surface area (TPSA) is 38.3 Å². The smallest absolute Gasteiger partial charge is 0.223 e. The number of aryl methyl sites for hydroxylation is 2. The minimum atomic E-state index is 0.0291. The Bertz CT molecular complexity index is 615. The van der Waals surface area contributed by atoms with Crippen molar-refractivity contribution in [1.82, 2.24) is 5.32 Å². The van der Waals surface area contributed by atoms with Gasteiger partial charge in [-0.15, -0.1) is 11.3 Å². The first-order valence-electron chi connectivity index (χ1n) is 7.99. The first-order chi connectivity index (χ1) is 11.0. The zero-order chi connectivity index (χ0) is 16.8. The number of carbonyl (C=O) groups is 1. The average Bonchev–Trinajstić information content (AvgIpc) is 2.97. The van der Waals surface area contributed by atoms with Crippen LogP contribution in [-0.4, -0.2) is 12.5 Å². The monoisotopic (exact) mass is 331 g/mol. The molecular formula is C19H25NO2S. The van der Waals surface area contributed by atoms with Crippen LogP contribution >= 0.6 is 11.3 Å². The molecule has 0 bridgehead atoms. The summed E-state index contributed by atoms with van der Waals surface area (Å²) in [7, 11) is 0. The van der Waals surface area contributed by atoms with Crippen LogP contribution in [0.5, 0.6) is 5.75 Å². The highest BCUT2D eigenvalue weighted by Gasteiger charge is 2.19. The summed E-state index contributed by atoms with van der Waals surface area (Å²) >= 11 is 1.68. The molecule has 1 heterocycles. The number of hydrogen-bond acceptors (Lipinski definition) is 3. The molecule has 1 aromatic carbocycles. The van der Waals surface area contributed by atoms with Crippen molar-refractivity contribution in [3.63, 3.8) is 0 Å². The summed E-state index contributed by atoms with van der Waals surface area (Å²) in [5, 5.41) is 5.16. The lowest BCUT2D eigenvalue weighted by atomic mass is 10.0. The summed E-state index contributed by atoms with van der Waals surface area (Å²) < 4.78 is 5.71. The lowest BCUT2D eigenvalue weighted by molar-refractivity contribution is -0.122. The molecule has 0 saturated carbocycles. The summed E-state index contributed by atoms with van der Waals surface area (Å²) in [6.45, 7) is 8.72. The highest BCUT2D eigenvalue weighted by molar-refractivity contribution is 7.10. The normalized spacial score (nSPS) is 12.2. The van der Waals surface area contributed by atoms with Crippen LogP contribution in [0.2, 0.25) is 0 Å². The number of benzene rings is 1. The molecule has 124 valence electrons. The molecule has 0 spiro atoms. The van der Waals surface area contributed by atoms with Crippen LogP contribution in [0.3, 0.4) is 0 Å². The second-order valence-corrected chi connectivity index (χ2v) is 7.21. The van der Waals surface area contributed by atoms with Gasteiger partial charge < -0.3 is 10.1 Å². The van der Waals surface area contributed by atoms with Gasteiger partial charge >= 0.3 is 0 Å². The van der Waals surface area contributed by atoms with Gasteiger partial charge in [0.25, 0.3) is 0 Å². The lowest BCUT2D eigenvalue weighted by Crippen LogP contribution is -2.32. The largest absolute Gasteiger partial charge is 0.493 e. The second-order valence-electron chi connectivity index (χ2n) is 6.23. The van der Waals surface area contributed by atoms with Gasteiger partial charge in [-0.25, -0.2) is 0 Å². The van der Waals surface area contributed by atoms with Gasteiger partial charge in [-0.2, -0.15) is 0 Å². The van der Waals surface area contributed by atoms with E-state index in [1.54, 1.807) is 11.3 Å². The SMILES string of the molecule is Cc1cc(C)cc(OCCC(=O)NC(c2cccs2)C(C)C)c1. The van der Waals surface area contributed by atoms with Crippen LogP contribution in [0.15, 0.2) is 35.7 Å². The molecule has 1 unspecified atom stereocenters. The van der Waals surface area contributed by atoms with Crippen molar-refractivity contribution in [1.29, 1.82) is 0 Å². The molecule has 2 aromatic rings. The minimum Gasteiger partial charge on any atom is -0.493 e. The van der Waals surface area contributed by atoms with E-state index in [4.69, 9.17) is 4.74 Å². The molecule has 0 radical (unpaired) electrons. The van der Waals surface area contributed by atoms with E-state index >= 15 is 0 Å². The standard InChI is InChI=1S/C19H25NO2S/c1-13(2)19(17-6-5-9-23-17)20-18(21)7-8-22-16-11-14(3)10-15(4)12-16/h5-6,9-13,19H,7-8H2,1-4H3,(H,20,21). The fraction of sp³-hybridized carbons (Fsp3) is 0.421. The zero-order valence-corrected chi connectivity index (χ0v) is 15.1. The third kappa shape index (κ3) is 5.39. The molecule has 23 heavy (non-hydrogen) atoms. The van der Waals surface area contributed by atoms with Crippen LogP contribution in [0.1, 0.15) is 42.3 Å². The van der Waals surface area contributed by atoms with Crippen LogP contribution in [0.4, 0.5) is 0 Å². The molecular weight excluding hydrogens is 306 g/mol. The Morgan fingerprint density at radius 3 is 2.48 bits per heavy atom. The number of ether oxygens (including phenoxy) is 1. The van der Waals surface area contributed by atoms with Crippen molar-refractivity contribution in [3.8, 4) is 5.75 Å². The third-order valence-electron chi connectivity index (χ3n) is 3.63. The average molecular weight is 331 g/mol. The van der Waals surface area contributed by atoms with Crippen LogP contribution in [0, 0.1) is 19.8 Å². The van der Waals surface area contributed by atoms with E-state index in [0.717, 1.165) is 5.75 Å². The van der Waals surface area contributed by atoms with Gasteiger partial charge in [0.2, 0.25) is 5.91 Å². The molecule has 1 N–H and O–H groups in total. The number of nitrogens with one attached hydrogen (secondary N) is 1. The Labute approximate surface area is 142 Å². The first kappa shape index (κ1) is 17.5. The predicted molar refractivity (Wildman–Crippen MR) is 96.1 cm³/mol. The highest BCUT2D eigenvalue weighted by atomic mass is 32.1. The Kier molecular flexibility index (Phi) is 6.22. The Balaban J connectivity index is 1.84. The van der Waals surface area contributed by atoms with Crippen molar-refractivity contribution in [2.45, 2.75) is 40.2 Å². The summed E-state index contributed by atoms with van der Waals surface area (Å²) in [6, 6.07) is 10.3. The molecule has 2 rings (SSSR count). The Morgan fingerprint density at radius 1 is 1.22 bits per heavy atom. The van der Waals surface area contributed by atoms with Gasteiger partial charge in [-0.05, 0) is 54.5 Å². The van der Waals surface area contributed by atoms with Gasteiger partial charge in [-0.1, -0.05) is 26.0 Å². The predicted octanol–water partition coefficient (Wildman–Crippen LogP) is 4.65. The van der Waals surface area contributed by atoms with Crippen molar-refractivity contribution in [2.75, 3.05) is 6.61 Å². The van der Waals surface area contributed by atoms with Gasteiger partial charge in [0.15, 0.2) is 0 Å². The Morgan fingerprint density at radius 2 is 1.91 bits per heavy atom. The Hall–Kier alpha value is -1.81. The van der Waals surface area contributed by atoms with Crippen molar-refractivity contribution in [2.24, 2.45) is 5.92 Å². The molecule has 0 aliphatic heterocycles. The molecule has 1 amide bonds. The highest BCUT2D eigenvalue weighted by Crippen LogP contribution is 2.25. The van der Waals surface area contributed by atoms with E-state index in [-0.39, 0.29) is 11.9 Å². The van der Waals surface area contributed by atoms with Crippen molar-refractivity contribution < 1.29 is 9.53 Å². The van der Waals surface area contributed by atoms with Gasteiger partial charge in [0.05, 0.1) is 19.1 Å². The summed E-state index contributed by atoms with van der Waals surface area (Å²) in [5.74, 6) is 1.22. The van der Waals surface area contributed by atoms with E-state index in [9.17, 15) is 4.79 Å². The van der Waals surface area contributed by atoms with Gasteiger partial charge in [0, 0.05) is 4.88 Å². The number of thiophene rings is 1. The summed E-state index contributed by atoms with van der Waals surface area (Å²) in [5.41, 5.74) is 2.34. The first-order valence-corrected chi connectivity index (χ1v) is 8.87. The molecule has 4 heteroatoms. The fourth-order valence-electron chi connectivity index (χ4n) is 2.56. The fourth-order valence-corrected chi connectivity index (χ4v) is 3.51. The van der Waals surface area contributed by atoms with Crippen LogP contribution in [-0.2, 0) is 4.79 Å². The number of amides is 1. The zero-order valence-electron chi connectivity index (χ0n) is 14.3. The molecule has 0 saturated heterocycles. The maximum absolute atomic E-state index is 12.2. The van der Waals surface area contributed by atoms with Crippen molar-refractivity contribution >= 4 is 17.2 Å². The second kappa shape index (κ2) is 8.16. The third-order valence-corrected chi connectivity index (χ3v) is 4.58. The minimum absolute atomic E-state index is 0.0291. The van der Waals surface area contributed by atoms with E-state index in [1.165, 1.54) is 16.0 Å². The van der Waals surface area contributed by atoms with E-state index in [2.05, 4.69) is 31.3 Å². The molecule has 3 nitrogen and oxygen atoms in total. The van der Waals surface area contributed by atoms with E-state index < -0.39 is 0 Å². The van der Waals surface area contributed by atoms with E-state index in [0.29, 0.717) is 18.9 Å². The van der Waals surface area contributed by atoms with Crippen molar-refractivity contribution in [3.05, 3.63) is 51.7 Å². The molecule has 0 aliphatic rings.